The SMILES string of the molecule is Cc1ccc(-c2ccc(-c3c(F)cc(CCCCCCF)cc3F)cc2F)cc1F. The van der Waals surface area contributed by atoms with E-state index in [2.05, 4.69) is 0 Å². The molecule has 0 unspecified atom stereocenters. The van der Waals surface area contributed by atoms with Gasteiger partial charge in [-0.15, -0.1) is 0 Å². The molecule has 0 atom stereocenters. The average molecular weight is 418 g/mol. The van der Waals surface area contributed by atoms with Crippen molar-refractivity contribution in [1.29, 1.82) is 0 Å². The summed E-state index contributed by atoms with van der Waals surface area (Å²) in [6.45, 7) is 1.25. The van der Waals surface area contributed by atoms with E-state index in [4.69, 9.17) is 0 Å². The molecular weight excluding hydrogens is 395 g/mol. The summed E-state index contributed by atoms with van der Waals surface area (Å²) in [5.41, 5.74) is 1.25. The van der Waals surface area contributed by atoms with Crippen LogP contribution < -0.4 is 0 Å². The van der Waals surface area contributed by atoms with E-state index in [1.807, 2.05) is 0 Å². The molecule has 0 aliphatic heterocycles. The van der Waals surface area contributed by atoms with Crippen LogP contribution in [0.5, 0.6) is 0 Å². The highest BCUT2D eigenvalue weighted by molar-refractivity contribution is 5.72. The van der Waals surface area contributed by atoms with Crippen LogP contribution in [0.4, 0.5) is 22.0 Å². The van der Waals surface area contributed by atoms with E-state index in [-0.39, 0.29) is 23.4 Å². The highest BCUT2D eigenvalue weighted by atomic mass is 19.1. The largest absolute Gasteiger partial charge is 0.251 e. The van der Waals surface area contributed by atoms with E-state index < -0.39 is 23.3 Å². The first-order valence-corrected chi connectivity index (χ1v) is 10.0. The lowest BCUT2D eigenvalue weighted by molar-refractivity contribution is 0.453. The molecular formula is C25H23F5. The van der Waals surface area contributed by atoms with Gasteiger partial charge >= 0.3 is 0 Å². The normalized spacial score (nSPS) is 11.1. The Kier molecular flexibility index (Phi) is 7.24. The van der Waals surface area contributed by atoms with Gasteiger partial charge in [0, 0.05) is 5.56 Å². The van der Waals surface area contributed by atoms with Gasteiger partial charge in [-0.1, -0.05) is 37.1 Å². The van der Waals surface area contributed by atoms with Crippen LogP contribution in [-0.2, 0) is 6.42 Å². The molecule has 3 aromatic carbocycles. The minimum absolute atomic E-state index is 0.0772. The number of benzene rings is 3. The van der Waals surface area contributed by atoms with Crippen molar-refractivity contribution in [3.05, 3.63) is 82.9 Å². The van der Waals surface area contributed by atoms with E-state index in [9.17, 15) is 22.0 Å². The molecule has 3 rings (SSSR count). The van der Waals surface area contributed by atoms with Gasteiger partial charge < -0.3 is 0 Å². The van der Waals surface area contributed by atoms with Crippen molar-refractivity contribution in [3.63, 3.8) is 0 Å². The number of alkyl halides is 1. The fourth-order valence-electron chi connectivity index (χ4n) is 3.49. The van der Waals surface area contributed by atoms with Crippen molar-refractivity contribution >= 4 is 0 Å². The fraction of sp³-hybridized carbons (Fsp3) is 0.280. The van der Waals surface area contributed by atoms with Crippen molar-refractivity contribution in [2.75, 3.05) is 6.67 Å². The smallest absolute Gasteiger partial charge is 0.134 e. The topological polar surface area (TPSA) is 0 Å². The monoisotopic (exact) mass is 418 g/mol. The summed E-state index contributed by atoms with van der Waals surface area (Å²) in [4.78, 5) is 0. The quantitative estimate of drug-likeness (QED) is 0.257. The Morgan fingerprint density at radius 3 is 1.90 bits per heavy atom. The highest BCUT2D eigenvalue weighted by Crippen LogP contribution is 2.32. The Morgan fingerprint density at radius 2 is 1.27 bits per heavy atom. The van der Waals surface area contributed by atoms with Gasteiger partial charge in [0.1, 0.15) is 23.3 Å². The number of halogens is 5. The summed E-state index contributed by atoms with van der Waals surface area (Å²) in [6.07, 6.45) is 3.25. The molecule has 5 heteroatoms. The second kappa shape index (κ2) is 9.88. The molecule has 0 radical (unpaired) electrons. The van der Waals surface area contributed by atoms with E-state index in [1.165, 1.54) is 30.3 Å². The van der Waals surface area contributed by atoms with Crippen LogP contribution in [0.2, 0.25) is 0 Å². The van der Waals surface area contributed by atoms with Gasteiger partial charge in [-0.25, -0.2) is 17.6 Å². The van der Waals surface area contributed by atoms with Crippen LogP contribution in [0.25, 0.3) is 22.3 Å². The molecule has 30 heavy (non-hydrogen) atoms. The van der Waals surface area contributed by atoms with Crippen LogP contribution in [0.3, 0.4) is 0 Å². The summed E-state index contributed by atoms with van der Waals surface area (Å²) in [7, 11) is 0. The van der Waals surface area contributed by atoms with Gasteiger partial charge in [-0.3, -0.25) is 4.39 Å². The fourth-order valence-corrected chi connectivity index (χ4v) is 3.49. The second-order valence-corrected chi connectivity index (χ2v) is 7.45. The molecule has 0 nitrogen and oxygen atoms in total. The Hall–Kier alpha value is -2.69. The van der Waals surface area contributed by atoms with Gasteiger partial charge in [-0.05, 0) is 72.7 Å². The van der Waals surface area contributed by atoms with Gasteiger partial charge in [0.05, 0.1) is 12.2 Å². The van der Waals surface area contributed by atoms with E-state index in [0.717, 1.165) is 18.9 Å². The highest BCUT2D eigenvalue weighted by Gasteiger charge is 2.16. The zero-order valence-corrected chi connectivity index (χ0v) is 16.8. The first-order chi connectivity index (χ1) is 14.4. The number of aryl methyl sites for hydroxylation is 2. The maximum atomic E-state index is 14.7. The lowest BCUT2D eigenvalue weighted by Crippen LogP contribution is -1.96. The first kappa shape index (κ1) is 22.0. The molecule has 0 aliphatic rings. The van der Waals surface area contributed by atoms with E-state index in [0.29, 0.717) is 36.0 Å². The predicted octanol–water partition coefficient (Wildman–Crippen LogP) is 7.96. The summed E-state index contributed by atoms with van der Waals surface area (Å²) < 4.78 is 69.8. The summed E-state index contributed by atoms with van der Waals surface area (Å²) >= 11 is 0. The second-order valence-electron chi connectivity index (χ2n) is 7.45. The lowest BCUT2D eigenvalue weighted by atomic mass is 9.96. The average Bonchev–Trinajstić information content (AvgIpc) is 2.70. The zero-order valence-electron chi connectivity index (χ0n) is 16.8. The number of rotatable bonds is 8. The maximum absolute atomic E-state index is 14.7. The van der Waals surface area contributed by atoms with Crippen LogP contribution in [0.15, 0.2) is 48.5 Å². The summed E-state index contributed by atoms with van der Waals surface area (Å²) in [5, 5.41) is 0. The third-order valence-corrected chi connectivity index (χ3v) is 5.19. The molecule has 0 aromatic heterocycles. The molecule has 158 valence electrons. The van der Waals surface area contributed by atoms with Gasteiger partial charge in [0.2, 0.25) is 0 Å². The molecule has 0 N–H and O–H groups in total. The standard InChI is InChI=1S/C25H23F5/c1-16-7-8-18(14-21(16)27)20-10-9-19(15-22(20)28)25-23(29)12-17(13-24(25)30)6-4-2-3-5-11-26/h7-10,12-15H,2-6,11H2,1H3. The Bertz CT molecular complexity index is 1000. The minimum atomic E-state index is -0.762. The Labute approximate surface area is 173 Å². The molecule has 0 saturated heterocycles. The molecule has 0 bridgehead atoms. The van der Waals surface area contributed by atoms with Crippen LogP contribution >= 0.6 is 0 Å². The van der Waals surface area contributed by atoms with Gasteiger partial charge in [0.25, 0.3) is 0 Å². The first-order valence-electron chi connectivity index (χ1n) is 10.0. The molecule has 3 aromatic rings. The van der Waals surface area contributed by atoms with E-state index in [1.54, 1.807) is 19.1 Å². The maximum Gasteiger partial charge on any atom is 0.134 e. The third-order valence-electron chi connectivity index (χ3n) is 5.19. The number of unbranched alkanes of at least 4 members (excludes halogenated alkanes) is 3. The zero-order chi connectivity index (χ0) is 21.7. The molecule has 0 amide bonds. The van der Waals surface area contributed by atoms with Crippen molar-refractivity contribution in [1.82, 2.24) is 0 Å². The summed E-state index contributed by atoms with van der Waals surface area (Å²) in [5.74, 6) is -2.66. The Balaban J connectivity index is 1.83. The van der Waals surface area contributed by atoms with Crippen molar-refractivity contribution in [2.45, 2.75) is 39.0 Å². The lowest BCUT2D eigenvalue weighted by Gasteiger charge is -2.11. The third kappa shape index (κ3) is 5.07. The van der Waals surface area contributed by atoms with Crippen molar-refractivity contribution < 1.29 is 22.0 Å². The van der Waals surface area contributed by atoms with Crippen LogP contribution in [0.1, 0.15) is 36.8 Å². The van der Waals surface area contributed by atoms with Gasteiger partial charge in [-0.2, -0.15) is 0 Å². The molecule has 0 aliphatic carbocycles. The van der Waals surface area contributed by atoms with Crippen molar-refractivity contribution in [3.8, 4) is 22.3 Å². The van der Waals surface area contributed by atoms with Gasteiger partial charge in [0.15, 0.2) is 0 Å². The predicted molar refractivity (Wildman–Crippen MR) is 110 cm³/mol. The Morgan fingerprint density at radius 1 is 0.633 bits per heavy atom. The number of hydrogen-bond acceptors (Lipinski definition) is 0. The molecule has 0 heterocycles. The number of hydrogen-bond donors (Lipinski definition) is 0. The van der Waals surface area contributed by atoms with Crippen LogP contribution in [0, 0.1) is 30.2 Å². The summed E-state index contributed by atoms with van der Waals surface area (Å²) in [6, 6.07) is 10.8. The molecule has 0 spiro atoms. The van der Waals surface area contributed by atoms with E-state index >= 15 is 0 Å². The minimum Gasteiger partial charge on any atom is -0.251 e. The van der Waals surface area contributed by atoms with Crippen LogP contribution in [-0.4, -0.2) is 6.67 Å². The molecule has 0 fully saturated rings. The molecule has 0 saturated carbocycles. The van der Waals surface area contributed by atoms with Crippen molar-refractivity contribution in [2.24, 2.45) is 0 Å².